The van der Waals surface area contributed by atoms with Crippen molar-refractivity contribution >= 4 is 16.9 Å². The number of rotatable bonds is 7. The molecule has 0 spiro atoms. The van der Waals surface area contributed by atoms with Gasteiger partial charge >= 0.3 is 5.97 Å². The Morgan fingerprint density at radius 3 is 1.76 bits per heavy atom. The van der Waals surface area contributed by atoms with Crippen molar-refractivity contribution in [1.82, 2.24) is 0 Å². The molecule has 0 aliphatic heterocycles. The van der Waals surface area contributed by atoms with E-state index < -0.39 is 0 Å². The van der Waals surface area contributed by atoms with Crippen molar-refractivity contribution in [2.24, 2.45) is 0 Å². The van der Waals surface area contributed by atoms with Gasteiger partial charge in [-0.3, -0.25) is 0 Å². The highest BCUT2D eigenvalue weighted by Gasteiger charge is 2.29. The third-order valence-electron chi connectivity index (χ3n) is 4.33. The summed E-state index contributed by atoms with van der Waals surface area (Å²) in [5, 5.41) is 0. The fraction of sp³-hybridized carbons (Fsp3) is 0.240. The van der Waals surface area contributed by atoms with Gasteiger partial charge in [0.1, 0.15) is 5.75 Å². The van der Waals surface area contributed by atoms with Crippen molar-refractivity contribution in [2.75, 3.05) is 6.61 Å². The molecule has 3 aromatic carbocycles. The highest BCUT2D eigenvalue weighted by Crippen LogP contribution is 2.35. The van der Waals surface area contributed by atoms with Crippen molar-refractivity contribution in [3.8, 4) is 5.75 Å². The van der Waals surface area contributed by atoms with Crippen LogP contribution >= 0.6 is 0 Å². The lowest BCUT2D eigenvalue weighted by molar-refractivity contribution is -0.149. The molecule has 0 atom stereocenters. The van der Waals surface area contributed by atoms with E-state index in [9.17, 15) is 4.79 Å². The van der Waals surface area contributed by atoms with Gasteiger partial charge in [-0.15, -0.1) is 0 Å². The molecule has 0 saturated carbocycles. The molecule has 3 rings (SSSR count). The van der Waals surface area contributed by atoms with Crippen LogP contribution in [0.4, 0.5) is 0 Å². The van der Waals surface area contributed by atoms with E-state index in [1.54, 1.807) is 0 Å². The molecule has 3 aromatic rings. The van der Waals surface area contributed by atoms with Gasteiger partial charge in [-0.25, -0.2) is 4.79 Å². The number of esters is 1. The zero-order valence-electron chi connectivity index (χ0n) is 17.3. The summed E-state index contributed by atoms with van der Waals surface area (Å²) in [5.74, 6) is 0.398. The molecule has 29 heavy (non-hydrogen) atoms. The molecule has 0 aliphatic carbocycles. The lowest BCUT2D eigenvalue weighted by atomic mass is 10.1. The smallest absolute Gasteiger partial charge is 0.344 e. The van der Waals surface area contributed by atoms with Crippen LogP contribution in [0.1, 0.15) is 25.0 Å². The molecule has 0 radical (unpaired) electrons. The van der Waals surface area contributed by atoms with E-state index in [0.717, 1.165) is 16.9 Å². The van der Waals surface area contributed by atoms with E-state index in [-0.39, 0.29) is 29.6 Å². The SMILES string of the molecule is Cc1cc([S+](c2ccccc2)c2ccccc2)cc(C)c1OCC(=O)OC(C)C. The Kier molecular flexibility index (Phi) is 6.99. The van der Waals surface area contributed by atoms with Gasteiger partial charge in [0, 0.05) is 12.1 Å². The van der Waals surface area contributed by atoms with Crippen LogP contribution in [0.3, 0.4) is 0 Å². The van der Waals surface area contributed by atoms with Crippen molar-refractivity contribution in [1.29, 1.82) is 0 Å². The summed E-state index contributed by atoms with van der Waals surface area (Å²) >= 11 is 0. The van der Waals surface area contributed by atoms with E-state index >= 15 is 0 Å². The van der Waals surface area contributed by atoms with Gasteiger partial charge in [-0.2, -0.15) is 0 Å². The number of hydrogen-bond acceptors (Lipinski definition) is 3. The Hall–Kier alpha value is -2.72. The molecule has 0 heterocycles. The molecular formula is C25H27O3S+. The van der Waals surface area contributed by atoms with Gasteiger partial charge < -0.3 is 9.47 Å². The lowest BCUT2D eigenvalue weighted by Crippen LogP contribution is -2.19. The predicted octanol–water partition coefficient (Wildman–Crippen LogP) is 5.73. The minimum Gasteiger partial charge on any atom is -0.481 e. The maximum Gasteiger partial charge on any atom is 0.344 e. The summed E-state index contributed by atoms with van der Waals surface area (Å²) in [6, 6.07) is 25.4. The molecule has 0 saturated heterocycles. The van der Waals surface area contributed by atoms with Crippen LogP contribution in [0.25, 0.3) is 0 Å². The molecule has 0 unspecified atom stereocenters. The third kappa shape index (κ3) is 5.42. The molecule has 0 aliphatic rings. The summed E-state index contributed by atoms with van der Waals surface area (Å²) < 4.78 is 11.0. The highest BCUT2D eigenvalue weighted by atomic mass is 32.2. The first-order valence-electron chi connectivity index (χ1n) is 9.73. The minimum atomic E-state index is -0.351. The molecular weight excluding hydrogens is 380 g/mol. The summed E-state index contributed by atoms with van der Waals surface area (Å²) in [4.78, 5) is 15.6. The fourth-order valence-electron chi connectivity index (χ4n) is 3.21. The first-order chi connectivity index (χ1) is 14.0. The normalized spacial score (nSPS) is 11.0. The van der Waals surface area contributed by atoms with Gasteiger partial charge in [-0.05, 0) is 63.1 Å². The van der Waals surface area contributed by atoms with Crippen molar-refractivity contribution in [3.63, 3.8) is 0 Å². The second-order valence-electron chi connectivity index (χ2n) is 7.15. The number of benzene rings is 3. The average molecular weight is 408 g/mol. The Bertz CT molecular complexity index is 890. The number of hydrogen-bond donors (Lipinski definition) is 0. The fourth-order valence-corrected chi connectivity index (χ4v) is 5.47. The molecule has 0 fully saturated rings. The molecule has 3 nitrogen and oxygen atoms in total. The van der Waals surface area contributed by atoms with Crippen LogP contribution in [0.5, 0.6) is 5.75 Å². The zero-order valence-corrected chi connectivity index (χ0v) is 18.2. The van der Waals surface area contributed by atoms with E-state index in [1.807, 2.05) is 39.8 Å². The van der Waals surface area contributed by atoms with Crippen molar-refractivity contribution in [3.05, 3.63) is 83.9 Å². The largest absolute Gasteiger partial charge is 0.481 e. The molecule has 150 valence electrons. The second kappa shape index (κ2) is 9.66. The molecule has 0 bridgehead atoms. The Labute approximate surface area is 176 Å². The number of carbonyl (C=O) groups excluding carboxylic acids is 1. The molecule has 0 N–H and O–H groups in total. The van der Waals surface area contributed by atoms with E-state index in [0.29, 0.717) is 0 Å². The van der Waals surface area contributed by atoms with Gasteiger partial charge in [0.15, 0.2) is 21.3 Å². The van der Waals surface area contributed by atoms with Gasteiger partial charge in [0.2, 0.25) is 0 Å². The van der Waals surface area contributed by atoms with E-state index in [2.05, 4.69) is 60.7 Å². The van der Waals surface area contributed by atoms with Crippen LogP contribution in [0, 0.1) is 13.8 Å². The number of aryl methyl sites for hydroxylation is 2. The van der Waals surface area contributed by atoms with Crippen molar-refractivity contribution < 1.29 is 14.3 Å². The molecule has 4 heteroatoms. The van der Waals surface area contributed by atoms with Gasteiger partial charge in [-0.1, -0.05) is 36.4 Å². The van der Waals surface area contributed by atoms with Crippen LogP contribution < -0.4 is 4.74 Å². The summed E-state index contributed by atoms with van der Waals surface area (Å²) in [6.07, 6.45) is -0.144. The minimum absolute atomic E-state index is 0.0811. The maximum absolute atomic E-state index is 11.8. The Balaban J connectivity index is 1.93. The third-order valence-corrected chi connectivity index (χ3v) is 6.52. The lowest BCUT2D eigenvalue weighted by Gasteiger charge is -2.15. The standard InChI is InChI=1S/C25H27O3S/c1-18(2)28-24(26)17-27-25-19(3)15-23(16-20(25)4)29(21-11-7-5-8-12-21)22-13-9-6-10-14-22/h5-16,18H,17H2,1-4H3/q+1. The predicted molar refractivity (Wildman–Crippen MR) is 118 cm³/mol. The van der Waals surface area contributed by atoms with Crippen LogP contribution in [0.2, 0.25) is 0 Å². The zero-order chi connectivity index (χ0) is 20.8. The van der Waals surface area contributed by atoms with E-state index in [1.165, 1.54) is 14.7 Å². The second-order valence-corrected chi connectivity index (χ2v) is 9.17. The average Bonchev–Trinajstić information content (AvgIpc) is 2.69. The highest BCUT2D eigenvalue weighted by molar-refractivity contribution is 7.97. The van der Waals surface area contributed by atoms with Crippen molar-refractivity contribution in [2.45, 2.75) is 48.5 Å². The summed E-state index contributed by atoms with van der Waals surface area (Å²) in [5.41, 5.74) is 2.03. The molecule has 0 aromatic heterocycles. The number of carbonyl (C=O) groups is 1. The maximum atomic E-state index is 11.8. The molecule has 0 amide bonds. The Morgan fingerprint density at radius 1 is 0.828 bits per heavy atom. The summed E-state index contributed by atoms with van der Waals surface area (Å²) in [6.45, 7) is 7.63. The van der Waals surface area contributed by atoms with Gasteiger partial charge in [0.05, 0.1) is 17.0 Å². The van der Waals surface area contributed by atoms with E-state index in [4.69, 9.17) is 9.47 Å². The number of ether oxygens (including phenoxy) is 2. The topological polar surface area (TPSA) is 35.5 Å². The Morgan fingerprint density at radius 2 is 1.31 bits per heavy atom. The first kappa shape index (κ1) is 21.0. The van der Waals surface area contributed by atoms with Crippen LogP contribution in [0.15, 0.2) is 87.5 Å². The summed E-state index contributed by atoms with van der Waals surface area (Å²) in [7, 11) is -0.211. The van der Waals surface area contributed by atoms with Gasteiger partial charge in [0.25, 0.3) is 0 Å². The first-order valence-corrected chi connectivity index (χ1v) is 11.0. The van der Waals surface area contributed by atoms with Crippen LogP contribution in [-0.4, -0.2) is 18.7 Å². The monoisotopic (exact) mass is 407 g/mol. The van der Waals surface area contributed by atoms with Crippen LogP contribution in [-0.2, 0) is 20.4 Å². The quantitative estimate of drug-likeness (QED) is 0.371.